The van der Waals surface area contributed by atoms with E-state index in [1.54, 1.807) is 39.2 Å². The number of benzene rings is 1. The summed E-state index contributed by atoms with van der Waals surface area (Å²) in [6.07, 6.45) is 0.642. The lowest BCUT2D eigenvalue weighted by molar-refractivity contribution is -0.192. The summed E-state index contributed by atoms with van der Waals surface area (Å²) in [5.74, 6) is -1.69. The number of aliphatic carboxylic acids is 1. The lowest BCUT2D eigenvalue weighted by Crippen LogP contribution is -2.50. The Morgan fingerprint density at radius 3 is 2.00 bits per heavy atom. The fraction of sp³-hybridized carbons (Fsp3) is 0.600. The molecule has 0 bridgehead atoms. The molecule has 2 aliphatic heterocycles. The zero-order valence-corrected chi connectivity index (χ0v) is 26.6. The molecule has 0 radical (unpaired) electrons. The number of carbonyl (C=O) groups excluding carboxylic acids is 1. The Morgan fingerprint density at radius 1 is 0.978 bits per heavy atom. The van der Waals surface area contributed by atoms with E-state index in [9.17, 15) is 26.4 Å². The molecule has 3 fully saturated rings. The largest absolute Gasteiger partial charge is 0.497 e. The minimum Gasteiger partial charge on any atom is -0.497 e. The normalized spacial score (nSPS) is 18.2. The lowest BCUT2D eigenvalue weighted by atomic mass is 10.1. The van der Waals surface area contributed by atoms with Crippen molar-refractivity contribution in [2.24, 2.45) is 0 Å². The number of alkyl halides is 3. The van der Waals surface area contributed by atoms with E-state index < -0.39 is 22.2 Å². The minimum atomic E-state index is -5.08. The molecule has 0 atom stereocenters. The molecule has 1 N–H and O–H groups in total. The molecule has 45 heavy (non-hydrogen) atoms. The van der Waals surface area contributed by atoms with Gasteiger partial charge in [-0.15, -0.1) is 0 Å². The monoisotopic (exact) mass is 658 g/mol. The number of furan rings is 1. The van der Waals surface area contributed by atoms with Crippen LogP contribution >= 0.6 is 0 Å². The summed E-state index contributed by atoms with van der Waals surface area (Å²) in [5, 5.41) is 7.12. The van der Waals surface area contributed by atoms with Crippen molar-refractivity contribution in [1.29, 1.82) is 0 Å². The average Bonchev–Trinajstić information content (AvgIpc) is 3.46. The SMILES string of the molecule is COc1cc(C)c(S(=O)(=O)N(Cc2cc(C(=O)N3CCN(CCN4CCCC4)CC3)co2)C2CC2)c(C)c1.O=C(O)C(F)(F)F. The number of hydrogen-bond donors (Lipinski definition) is 1. The summed E-state index contributed by atoms with van der Waals surface area (Å²) in [7, 11) is -2.18. The number of carboxylic acid groups (broad SMARTS) is 1. The highest BCUT2D eigenvalue weighted by Crippen LogP contribution is 2.37. The van der Waals surface area contributed by atoms with Crippen LogP contribution < -0.4 is 4.74 Å². The van der Waals surface area contributed by atoms with Crippen LogP contribution in [0.5, 0.6) is 5.75 Å². The van der Waals surface area contributed by atoms with Crippen LogP contribution in [-0.4, -0.2) is 116 Å². The number of likely N-dealkylation sites (tertiary alicyclic amines) is 1. The molecule has 1 amide bonds. The number of carboxylic acids is 1. The Balaban J connectivity index is 0.000000591. The number of nitrogens with zero attached hydrogens (tertiary/aromatic N) is 4. The third-order valence-corrected chi connectivity index (χ3v) is 10.4. The first-order valence-corrected chi connectivity index (χ1v) is 16.4. The van der Waals surface area contributed by atoms with E-state index in [0.29, 0.717) is 46.2 Å². The summed E-state index contributed by atoms with van der Waals surface area (Å²) in [4.78, 5) is 29.2. The van der Waals surface area contributed by atoms with Crippen molar-refractivity contribution in [3.63, 3.8) is 0 Å². The van der Waals surface area contributed by atoms with Crippen LogP contribution in [0.4, 0.5) is 13.2 Å². The molecule has 1 saturated carbocycles. The topological polar surface area (TPSA) is 124 Å². The number of methoxy groups -OCH3 is 1. The van der Waals surface area contributed by atoms with E-state index in [1.807, 2.05) is 4.90 Å². The Kier molecular flexibility index (Phi) is 11.2. The van der Waals surface area contributed by atoms with Gasteiger partial charge in [-0.05, 0) is 81.9 Å². The quantitative estimate of drug-likeness (QED) is 0.407. The van der Waals surface area contributed by atoms with Crippen LogP contribution in [0, 0.1) is 13.8 Å². The van der Waals surface area contributed by atoms with Crippen molar-refractivity contribution in [1.82, 2.24) is 19.0 Å². The van der Waals surface area contributed by atoms with Gasteiger partial charge in [-0.2, -0.15) is 17.5 Å². The van der Waals surface area contributed by atoms with Crippen LogP contribution in [0.3, 0.4) is 0 Å². The third kappa shape index (κ3) is 8.99. The highest BCUT2D eigenvalue weighted by atomic mass is 32.2. The maximum Gasteiger partial charge on any atom is 0.490 e. The summed E-state index contributed by atoms with van der Waals surface area (Å²) < 4.78 is 71.9. The van der Waals surface area contributed by atoms with Crippen LogP contribution in [0.25, 0.3) is 0 Å². The summed E-state index contributed by atoms with van der Waals surface area (Å²) in [5.41, 5.74) is 1.79. The van der Waals surface area contributed by atoms with Crippen LogP contribution in [0.2, 0.25) is 0 Å². The highest BCUT2D eigenvalue weighted by molar-refractivity contribution is 7.89. The van der Waals surface area contributed by atoms with E-state index in [-0.39, 0.29) is 18.5 Å². The Labute approximate surface area is 261 Å². The zero-order valence-electron chi connectivity index (χ0n) is 25.8. The summed E-state index contributed by atoms with van der Waals surface area (Å²) >= 11 is 0. The molecule has 250 valence electrons. The first-order valence-electron chi connectivity index (χ1n) is 15.0. The van der Waals surface area contributed by atoms with E-state index in [1.165, 1.54) is 36.5 Å². The molecular formula is C30H41F3N4O7S. The fourth-order valence-corrected chi connectivity index (χ4v) is 7.77. The van der Waals surface area contributed by atoms with Crippen molar-refractivity contribution in [3.8, 4) is 5.75 Å². The second-order valence-electron chi connectivity index (χ2n) is 11.7. The second kappa shape index (κ2) is 14.5. The van der Waals surface area contributed by atoms with Gasteiger partial charge in [0.2, 0.25) is 10.0 Å². The van der Waals surface area contributed by atoms with Crippen LogP contribution in [-0.2, 0) is 21.4 Å². The highest BCUT2D eigenvalue weighted by Gasteiger charge is 2.40. The van der Waals surface area contributed by atoms with Gasteiger partial charge in [0.15, 0.2) is 0 Å². The molecule has 1 aromatic heterocycles. The lowest BCUT2D eigenvalue weighted by Gasteiger charge is -2.35. The third-order valence-electron chi connectivity index (χ3n) is 8.24. The van der Waals surface area contributed by atoms with Gasteiger partial charge < -0.3 is 24.1 Å². The smallest absolute Gasteiger partial charge is 0.490 e. The zero-order chi connectivity index (χ0) is 32.9. The number of carbonyl (C=O) groups is 2. The first kappa shape index (κ1) is 34.7. The standard InChI is InChI=1S/C28H40N4O5S.C2HF3O2/c1-21-16-25(36-3)17-22(2)27(21)38(34,35)32(24-6-7-24)19-26-18-23(20-37-26)28(33)31-14-12-30(13-15-31)11-10-29-8-4-5-9-29;3-2(4,5)1(6)7/h16-18,20,24H,4-15,19H2,1-3H3;(H,6,7). The van der Waals surface area contributed by atoms with Crippen molar-refractivity contribution in [2.45, 2.75) is 63.2 Å². The van der Waals surface area contributed by atoms with Crippen molar-refractivity contribution >= 4 is 21.9 Å². The van der Waals surface area contributed by atoms with Gasteiger partial charge in [0.05, 0.1) is 24.1 Å². The summed E-state index contributed by atoms with van der Waals surface area (Å²) in [6.45, 7) is 11.4. The average molecular weight is 659 g/mol. The molecule has 1 aliphatic carbocycles. The van der Waals surface area contributed by atoms with Gasteiger partial charge in [-0.3, -0.25) is 9.69 Å². The Hall–Kier alpha value is -3.14. The molecule has 3 aliphatic rings. The number of amides is 1. The van der Waals surface area contributed by atoms with Gasteiger partial charge in [-0.1, -0.05) is 0 Å². The summed E-state index contributed by atoms with van der Waals surface area (Å²) in [6, 6.07) is 5.15. The van der Waals surface area contributed by atoms with E-state index in [0.717, 1.165) is 39.0 Å². The Morgan fingerprint density at radius 2 is 1.51 bits per heavy atom. The van der Waals surface area contributed by atoms with Gasteiger partial charge >= 0.3 is 12.1 Å². The molecule has 15 heteroatoms. The predicted octanol–water partition coefficient (Wildman–Crippen LogP) is 3.75. The number of aryl methyl sites for hydroxylation is 2. The fourth-order valence-electron chi connectivity index (χ4n) is 5.70. The van der Waals surface area contributed by atoms with Gasteiger partial charge in [0, 0.05) is 45.3 Å². The van der Waals surface area contributed by atoms with E-state index in [4.69, 9.17) is 19.1 Å². The second-order valence-corrected chi connectivity index (χ2v) is 13.5. The predicted molar refractivity (Wildman–Crippen MR) is 159 cm³/mol. The molecule has 5 rings (SSSR count). The molecule has 2 saturated heterocycles. The number of piperazine rings is 1. The van der Waals surface area contributed by atoms with Crippen LogP contribution in [0.1, 0.15) is 52.9 Å². The first-order chi connectivity index (χ1) is 21.2. The van der Waals surface area contributed by atoms with Gasteiger partial charge in [-0.25, -0.2) is 13.2 Å². The molecule has 11 nitrogen and oxygen atoms in total. The van der Waals surface area contributed by atoms with Crippen molar-refractivity contribution in [3.05, 3.63) is 46.9 Å². The van der Waals surface area contributed by atoms with Gasteiger partial charge in [0.25, 0.3) is 5.91 Å². The molecule has 3 heterocycles. The van der Waals surface area contributed by atoms with Crippen LogP contribution in [0.15, 0.2) is 33.8 Å². The van der Waals surface area contributed by atoms with E-state index in [2.05, 4.69) is 9.80 Å². The van der Waals surface area contributed by atoms with E-state index >= 15 is 0 Å². The number of hydrogen-bond acceptors (Lipinski definition) is 8. The molecule has 1 aromatic carbocycles. The minimum absolute atomic E-state index is 0.0538. The number of rotatable bonds is 10. The molecular weight excluding hydrogens is 617 g/mol. The van der Waals surface area contributed by atoms with Crippen molar-refractivity contribution in [2.75, 3.05) is 59.5 Å². The number of ether oxygens (including phenoxy) is 1. The molecule has 0 unspecified atom stereocenters. The van der Waals surface area contributed by atoms with Crippen molar-refractivity contribution < 1.29 is 45.4 Å². The maximum absolute atomic E-state index is 13.8. The maximum atomic E-state index is 13.8. The molecule has 2 aromatic rings. The Bertz CT molecular complexity index is 1420. The molecule has 0 spiro atoms. The number of sulfonamides is 1. The number of halogens is 3. The van der Waals surface area contributed by atoms with Gasteiger partial charge in [0.1, 0.15) is 17.8 Å².